The Labute approximate surface area is 103 Å². The Kier molecular flexibility index (Phi) is 6.29. The van der Waals surface area contributed by atoms with Gasteiger partial charge in [-0.15, -0.1) is 0 Å². The number of ether oxygens (including phenoxy) is 1. The summed E-state index contributed by atoms with van der Waals surface area (Å²) in [4.78, 5) is 11.4. The normalized spacial score (nSPS) is 24.2. The van der Waals surface area contributed by atoms with Crippen LogP contribution in [0.15, 0.2) is 0 Å². The van der Waals surface area contributed by atoms with Crippen molar-refractivity contribution in [3.8, 4) is 0 Å². The number of methoxy groups -OCH3 is 1. The molecule has 0 heterocycles. The fourth-order valence-electron chi connectivity index (χ4n) is 1.96. The summed E-state index contributed by atoms with van der Waals surface area (Å²) in [6.45, 7) is 2.94. The summed E-state index contributed by atoms with van der Waals surface area (Å²) >= 11 is 0. The van der Waals surface area contributed by atoms with E-state index >= 15 is 0 Å². The second kappa shape index (κ2) is 7.50. The minimum absolute atomic E-state index is 0.127. The minimum atomic E-state index is -0.505. The largest absolute Gasteiger partial charge is 0.391 e. The Hall–Kier alpha value is -0.810. The molecule has 0 saturated heterocycles. The lowest BCUT2D eigenvalue weighted by Gasteiger charge is -2.10. The first-order chi connectivity index (χ1) is 8.17. The number of urea groups is 1. The van der Waals surface area contributed by atoms with Crippen molar-refractivity contribution in [2.75, 3.05) is 20.3 Å². The molecule has 0 spiro atoms. The van der Waals surface area contributed by atoms with Crippen molar-refractivity contribution >= 4 is 6.03 Å². The van der Waals surface area contributed by atoms with Crippen LogP contribution in [-0.4, -0.2) is 43.5 Å². The molecule has 0 aromatic heterocycles. The molecule has 1 aliphatic rings. The molecule has 0 radical (unpaired) electrons. The maximum atomic E-state index is 11.4. The standard InChI is InChI=1S/C12H24N2O3/c1-3-4-9-7-11(9)14-12(16)13-6-5-10(15)8-17-2/h9-11,15H,3-8H2,1-2H3,(H2,13,14,16). The molecule has 1 fully saturated rings. The van der Waals surface area contributed by atoms with Crippen LogP contribution in [0.4, 0.5) is 4.79 Å². The van der Waals surface area contributed by atoms with E-state index in [-0.39, 0.29) is 6.03 Å². The predicted molar refractivity (Wildman–Crippen MR) is 65.8 cm³/mol. The third-order valence-electron chi connectivity index (χ3n) is 3.02. The number of carbonyl (C=O) groups is 1. The third-order valence-corrected chi connectivity index (χ3v) is 3.02. The second-order valence-electron chi connectivity index (χ2n) is 4.69. The van der Waals surface area contributed by atoms with Gasteiger partial charge in [-0.1, -0.05) is 13.3 Å². The van der Waals surface area contributed by atoms with Crippen LogP contribution in [0.2, 0.25) is 0 Å². The van der Waals surface area contributed by atoms with Gasteiger partial charge in [0, 0.05) is 19.7 Å². The van der Waals surface area contributed by atoms with E-state index in [9.17, 15) is 9.90 Å². The monoisotopic (exact) mass is 244 g/mol. The lowest BCUT2D eigenvalue weighted by Crippen LogP contribution is -2.39. The molecule has 3 N–H and O–H groups in total. The average molecular weight is 244 g/mol. The van der Waals surface area contributed by atoms with Gasteiger partial charge in [-0.25, -0.2) is 4.79 Å². The molecule has 3 atom stereocenters. The highest BCUT2D eigenvalue weighted by Crippen LogP contribution is 2.34. The van der Waals surface area contributed by atoms with Gasteiger partial charge in [0.05, 0.1) is 12.7 Å². The van der Waals surface area contributed by atoms with Gasteiger partial charge < -0.3 is 20.5 Å². The van der Waals surface area contributed by atoms with E-state index in [0.717, 1.165) is 6.42 Å². The first-order valence-electron chi connectivity index (χ1n) is 6.38. The highest BCUT2D eigenvalue weighted by Gasteiger charge is 2.36. The summed E-state index contributed by atoms with van der Waals surface area (Å²) in [5.41, 5.74) is 0. The second-order valence-corrected chi connectivity index (χ2v) is 4.69. The third kappa shape index (κ3) is 5.89. The lowest BCUT2D eigenvalue weighted by atomic mass is 10.2. The Morgan fingerprint density at radius 3 is 3.00 bits per heavy atom. The van der Waals surface area contributed by atoms with Crippen molar-refractivity contribution < 1.29 is 14.6 Å². The van der Waals surface area contributed by atoms with Gasteiger partial charge >= 0.3 is 6.03 Å². The summed E-state index contributed by atoms with van der Waals surface area (Å²) < 4.78 is 4.80. The Bertz CT molecular complexity index is 236. The molecule has 0 aromatic rings. The summed E-state index contributed by atoms with van der Waals surface area (Å²) in [6, 6.07) is 0.233. The molecule has 1 rings (SSSR count). The molecular weight excluding hydrogens is 220 g/mol. The first kappa shape index (κ1) is 14.3. The number of amides is 2. The first-order valence-corrected chi connectivity index (χ1v) is 6.38. The summed E-state index contributed by atoms with van der Waals surface area (Å²) in [5, 5.41) is 15.0. The van der Waals surface area contributed by atoms with Gasteiger partial charge in [-0.3, -0.25) is 0 Å². The number of carbonyl (C=O) groups excluding carboxylic acids is 1. The van der Waals surface area contributed by atoms with Crippen LogP contribution in [0.25, 0.3) is 0 Å². The van der Waals surface area contributed by atoms with Crippen LogP contribution in [0, 0.1) is 5.92 Å². The molecule has 5 heteroatoms. The minimum Gasteiger partial charge on any atom is -0.391 e. The van der Waals surface area contributed by atoms with Crippen LogP contribution in [0.5, 0.6) is 0 Å². The summed E-state index contributed by atoms with van der Waals surface area (Å²) in [7, 11) is 1.55. The number of aliphatic hydroxyl groups is 1. The predicted octanol–water partition coefficient (Wildman–Crippen LogP) is 0.872. The molecule has 5 nitrogen and oxygen atoms in total. The average Bonchev–Trinajstić information content (AvgIpc) is 2.97. The van der Waals surface area contributed by atoms with E-state index in [1.165, 1.54) is 12.8 Å². The quantitative estimate of drug-likeness (QED) is 0.593. The Morgan fingerprint density at radius 1 is 1.59 bits per heavy atom. The van der Waals surface area contributed by atoms with Crippen LogP contribution in [-0.2, 0) is 4.74 Å². The van der Waals surface area contributed by atoms with E-state index in [1.807, 2.05) is 0 Å². The topological polar surface area (TPSA) is 70.6 Å². The molecule has 2 amide bonds. The molecule has 17 heavy (non-hydrogen) atoms. The Morgan fingerprint density at radius 2 is 2.35 bits per heavy atom. The van der Waals surface area contributed by atoms with Gasteiger partial charge in [-0.2, -0.15) is 0 Å². The van der Waals surface area contributed by atoms with E-state index in [1.54, 1.807) is 7.11 Å². The fourth-order valence-corrected chi connectivity index (χ4v) is 1.96. The fraction of sp³-hybridized carbons (Fsp3) is 0.917. The molecule has 1 aliphatic carbocycles. The smallest absolute Gasteiger partial charge is 0.315 e. The highest BCUT2D eigenvalue weighted by molar-refractivity contribution is 5.74. The van der Waals surface area contributed by atoms with E-state index < -0.39 is 6.10 Å². The van der Waals surface area contributed by atoms with Gasteiger partial charge in [0.2, 0.25) is 0 Å². The van der Waals surface area contributed by atoms with Crippen molar-refractivity contribution in [1.29, 1.82) is 0 Å². The summed E-state index contributed by atoms with van der Waals surface area (Å²) in [5.74, 6) is 0.671. The zero-order chi connectivity index (χ0) is 12.7. The molecule has 0 aromatic carbocycles. The van der Waals surface area contributed by atoms with Crippen molar-refractivity contribution in [3.63, 3.8) is 0 Å². The summed E-state index contributed by atoms with van der Waals surface area (Å²) in [6.07, 6.45) is 3.48. The maximum Gasteiger partial charge on any atom is 0.315 e. The van der Waals surface area contributed by atoms with Crippen molar-refractivity contribution in [3.05, 3.63) is 0 Å². The van der Waals surface area contributed by atoms with Gasteiger partial charge in [0.1, 0.15) is 0 Å². The molecule has 1 saturated carbocycles. The van der Waals surface area contributed by atoms with Crippen molar-refractivity contribution in [1.82, 2.24) is 10.6 Å². The van der Waals surface area contributed by atoms with Gasteiger partial charge in [0.25, 0.3) is 0 Å². The van der Waals surface area contributed by atoms with Crippen LogP contribution in [0.3, 0.4) is 0 Å². The number of hydrogen-bond donors (Lipinski definition) is 3. The van der Waals surface area contributed by atoms with Crippen LogP contribution >= 0.6 is 0 Å². The Balaban J connectivity index is 1.99. The molecular formula is C12H24N2O3. The molecule has 0 bridgehead atoms. The number of nitrogens with one attached hydrogen (secondary N) is 2. The highest BCUT2D eigenvalue weighted by atomic mass is 16.5. The van der Waals surface area contributed by atoms with Gasteiger partial charge in [0.15, 0.2) is 0 Å². The van der Waals surface area contributed by atoms with Crippen LogP contribution < -0.4 is 10.6 Å². The molecule has 3 unspecified atom stereocenters. The van der Waals surface area contributed by atoms with E-state index in [4.69, 9.17) is 4.74 Å². The molecule has 100 valence electrons. The number of hydrogen-bond acceptors (Lipinski definition) is 3. The number of rotatable bonds is 8. The van der Waals surface area contributed by atoms with E-state index in [2.05, 4.69) is 17.6 Å². The van der Waals surface area contributed by atoms with Crippen LogP contribution in [0.1, 0.15) is 32.6 Å². The van der Waals surface area contributed by atoms with Crippen molar-refractivity contribution in [2.24, 2.45) is 5.92 Å². The molecule has 0 aliphatic heterocycles. The maximum absolute atomic E-state index is 11.4. The van der Waals surface area contributed by atoms with Crippen molar-refractivity contribution in [2.45, 2.75) is 44.8 Å². The lowest BCUT2D eigenvalue weighted by molar-refractivity contribution is 0.0598. The zero-order valence-corrected chi connectivity index (χ0v) is 10.7. The van der Waals surface area contributed by atoms with Gasteiger partial charge in [-0.05, 0) is 25.2 Å². The number of aliphatic hydroxyl groups excluding tert-OH is 1. The van der Waals surface area contributed by atoms with E-state index in [0.29, 0.717) is 31.5 Å². The SMILES string of the molecule is CCCC1CC1NC(=O)NCCC(O)COC. The zero-order valence-electron chi connectivity index (χ0n) is 10.7.